The van der Waals surface area contributed by atoms with Crippen LogP contribution < -0.4 is 5.56 Å². The zero-order chi connectivity index (χ0) is 15.5. The highest BCUT2D eigenvalue weighted by molar-refractivity contribution is 7.98. The van der Waals surface area contributed by atoms with Crippen LogP contribution in [0.3, 0.4) is 0 Å². The van der Waals surface area contributed by atoms with Crippen LogP contribution in [0.25, 0.3) is 0 Å². The summed E-state index contributed by atoms with van der Waals surface area (Å²) in [5.41, 5.74) is 0.732. The van der Waals surface area contributed by atoms with Crippen LogP contribution >= 0.6 is 11.8 Å². The Balaban J connectivity index is 2.51. The molecule has 0 saturated heterocycles. The van der Waals surface area contributed by atoms with Crippen molar-refractivity contribution in [1.29, 1.82) is 0 Å². The smallest absolute Gasteiger partial charge is 0.265 e. The molecular formula is C15H18N4OS. The summed E-state index contributed by atoms with van der Waals surface area (Å²) in [6.07, 6.45) is 3.49. The van der Waals surface area contributed by atoms with Gasteiger partial charge < -0.3 is 0 Å². The Morgan fingerprint density at radius 1 is 1.19 bits per heavy atom. The van der Waals surface area contributed by atoms with Crippen LogP contribution in [0.2, 0.25) is 0 Å². The largest absolute Gasteiger partial charge is 0.297 e. The van der Waals surface area contributed by atoms with Gasteiger partial charge in [0.05, 0.1) is 6.21 Å². The molecule has 0 aliphatic rings. The maximum atomic E-state index is 12.5. The van der Waals surface area contributed by atoms with Crippen LogP contribution in [-0.4, -0.2) is 27.3 Å². The van der Waals surface area contributed by atoms with Crippen molar-refractivity contribution in [2.45, 2.75) is 31.3 Å². The molecule has 1 heterocycles. The van der Waals surface area contributed by atoms with E-state index in [0.29, 0.717) is 10.9 Å². The van der Waals surface area contributed by atoms with E-state index in [1.54, 1.807) is 6.21 Å². The summed E-state index contributed by atoms with van der Waals surface area (Å²) in [6, 6.07) is 9.62. The first-order chi connectivity index (χ1) is 9.93. The number of hydrogen-bond acceptors (Lipinski definition) is 5. The molecule has 0 N–H and O–H groups in total. The quantitative estimate of drug-likeness (QED) is 0.646. The second-order valence-corrected chi connectivity index (χ2v) is 6.33. The molecule has 110 valence electrons. The Hall–Kier alpha value is -1.95. The van der Waals surface area contributed by atoms with E-state index in [2.05, 4.69) is 15.3 Å². The van der Waals surface area contributed by atoms with Gasteiger partial charge in [0.15, 0.2) is 0 Å². The molecule has 0 bridgehead atoms. The molecule has 0 unspecified atom stereocenters. The molecule has 2 aromatic rings. The van der Waals surface area contributed by atoms with E-state index in [1.807, 2.05) is 57.4 Å². The van der Waals surface area contributed by atoms with E-state index in [9.17, 15) is 4.79 Å². The minimum atomic E-state index is -0.370. The van der Waals surface area contributed by atoms with Gasteiger partial charge in [-0.25, -0.2) is 0 Å². The minimum Gasteiger partial charge on any atom is -0.265 e. The van der Waals surface area contributed by atoms with Crippen molar-refractivity contribution < 1.29 is 0 Å². The normalized spacial score (nSPS) is 12.0. The van der Waals surface area contributed by atoms with E-state index >= 15 is 0 Å². The Morgan fingerprint density at radius 3 is 2.43 bits per heavy atom. The minimum absolute atomic E-state index is 0.228. The molecule has 1 aromatic carbocycles. The molecular weight excluding hydrogens is 284 g/mol. The van der Waals surface area contributed by atoms with Gasteiger partial charge in [-0.05, 0) is 11.8 Å². The number of rotatable bonds is 3. The summed E-state index contributed by atoms with van der Waals surface area (Å²) in [5.74, 6) is 0. The van der Waals surface area contributed by atoms with Crippen LogP contribution in [0.1, 0.15) is 32.0 Å². The van der Waals surface area contributed by atoms with Crippen LogP contribution in [0, 0.1) is 0 Å². The van der Waals surface area contributed by atoms with Crippen LogP contribution in [0.15, 0.2) is 45.4 Å². The van der Waals surface area contributed by atoms with Crippen LogP contribution in [0.4, 0.5) is 0 Å². The van der Waals surface area contributed by atoms with Gasteiger partial charge in [-0.2, -0.15) is 9.78 Å². The van der Waals surface area contributed by atoms with E-state index in [0.717, 1.165) is 5.56 Å². The highest BCUT2D eigenvalue weighted by Gasteiger charge is 2.23. The highest BCUT2D eigenvalue weighted by atomic mass is 32.2. The molecule has 0 aliphatic carbocycles. The fourth-order valence-corrected chi connectivity index (χ4v) is 2.15. The lowest BCUT2D eigenvalue weighted by Crippen LogP contribution is -2.32. The van der Waals surface area contributed by atoms with E-state index in [1.165, 1.54) is 16.4 Å². The van der Waals surface area contributed by atoms with Gasteiger partial charge in [0.1, 0.15) is 5.69 Å². The van der Waals surface area contributed by atoms with Crippen LogP contribution in [-0.2, 0) is 5.41 Å². The lowest BCUT2D eigenvalue weighted by molar-refractivity contribution is 0.510. The average molecular weight is 302 g/mol. The third-order valence-corrected chi connectivity index (χ3v) is 3.45. The predicted molar refractivity (Wildman–Crippen MR) is 86.2 cm³/mol. The first-order valence-electron chi connectivity index (χ1n) is 6.57. The third-order valence-electron chi connectivity index (χ3n) is 2.83. The lowest BCUT2D eigenvalue weighted by atomic mass is 9.93. The number of hydrogen-bond donors (Lipinski definition) is 0. The van der Waals surface area contributed by atoms with Crippen molar-refractivity contribution in [1.82, 2.24) is 14.9 Å². The lowest BCUT2D eigenvalue weighted by Gasteiger charge is -2.16. The van der Waals surface area contributed by atoms with Gasteiger partial charge in [0, 0.05) is 5.41 Å². The van der Waals surface area contributed by atoms with Crippen LogP contribution in [0.5, 0.6) is 0 Å². The Bertz CT molecular complexity index is 702. The molecule has 5 nitrogen and oxygen atoms in total. The topological polar surface area (TPSA) is 60.1 Å². The summed E-state index contributed by atoms with van der Waals surface area (Å²) < 4.78 is 1.31. The molecule has 0 saturated carbocycles. The molecule has 0 amide bonds. The zero-order valence-corrected chi connectivity index (χ0v) is 13.4. The van der Waals surface area contributed by atoms with Crippen molar-refractivity contribution in [3.8, 4) is 0 Å². The summed E-state index contributed by atoms with van der Waals surface area (Å²) in [4.78, 5) is 12.5. The predicted octanol–water partition coefficient (Wildman–Crippen LogP) is 2.54. The van der Waals surface area contributed by atoms with Gasteiger partial charge >= 0.3 is 0 Å². The second kappa shape index (κ2) is 6.22. The maximum Gasteiger partial charge on any atom is 0.297 e. The van der Waals surface area contributed by atoms with Crippen molar-refractivity contribution in [3.05, 3.63) is 51.9 Å². The first-order valence-corrected chi connectivity index (χ1v) is 7.79. The average Bonchev–Trinajstić information content (AvgIpc) is 2.45. The maximum absolute atomic E-state index is 12.5. The van der Waals surface area contributed by atoms with E-state index in [-0.39, 0.29) is 11.0 Å². The molecule has 1 aromatic heterocycles. The highest BCUT2D eigenvalue weighted by Crippen LogP contribution is 2.17. The third kappa shape index (κ3) is 3.58. The number of benzene rings is 1. The molecule has 6 heteroatoms. The Kier molecular flexibility index (Phi) is 4.57. The van der Waals surface area contributed by atoms with Crippen molar-refractivity contribution in [3.63, 3.8) is 0 Å². The summed E-state index contributed by atoms with van der Waals surface area (Å²) in [7, 11) is 0. The van der Waals surface area contributed by atoms with Gasteiger partial charge in [0.25, 0.3) is 5.56 Å². The number of nitrogens with zero attached hydrogens (tertiary/aromatic N) is 4. The van der Waals surface area contributed by atoms with Gasteiger partial charge in [0.2, 0.25) is 5.16 Å². The monoisotopic (exact) mass is 302 g/mol. The molecule has 0 atom stereocenters. The number of aromatic nitrogens is 3. The standard InChI is InChI=1S/C15H18N4OS/c1-15(2,3)12-13(20)19(14(21-4)18-17-12)16-10-11-8-6-5-7-9-11/h5-10H,1-4H3/b16-10+. The van der Waals surface area contributed by atoms with Gasteiger partial charge in [-0.15, -0.1) is 10.2 Å². The zero-order valence-electron chi connectivity index (χ0n) is 12.6. The molecule has 0 aliphatic heterocycles. The summed E-state index contributed by atoms with van der Waals surface area (Å²) >= 11 is 1.34. The van der Waals surface area contributed by atoms with Crippen molar-refractivity contribution in [2.75, 3.05) is 6.26 Å². The summed E-state index contributed by atoms with van der Waals surface area (Å²) in [5, 5.41) is 12.9. The first kappa shape index (κ1) is 15.4. The van der Waals surface area contributed by atoms with Gasteiger partial charge in [-0.1, -0.05) is 62.9 Å². The van der Waals surface area contributed by atoms with Gasteiger partial charge in [-0.3, -0.25) is 4.79 Å². The molecule has 21 heavy (non-hydrogen) atoms. The molecule has 0 fully saturated rings. The fraction of sp³-hybridized carbons (Fsp3) is 0.333. The fourth-order valence-electron chi connectivity index (χ4n) is 1.73. The van der Waals surface area contributed by atoms with E-state index in [4.69, 9.17) is 0 Å². The Morgan fingerprint density at radius 2 is 1.86 bits per heavy atom. The Labute approximate surface area is 128 Å². The SMILES string of the molecule is CSc1nnc(C(C)(C)C)c(=O)n1/N=C/c1ccccc1. The second-order valence-electron chi connectivity index (χ2n) is 5.56. The molecule has 0 radical (unpaired) electrons. The molecule has 0 spiro atoms. The number of thioether (sulfide) groups is 1. The van der Waals surface area contributed by atoms with E-state index < -0.39 is 0 Å². The van der Waals surface area contributed by atoms with Crippen molar-refractivity contribution >= 4 is 18.0 Å². The molecule has 2 rings (SSSR count). The summed E-state index contributed by atoms with van der Waals surface area (Å²) in [6.45, 7) is 5.80. The van der Waals surface area contributed by atoms with Crippen molar-refractivity contribution in [2.24, 2.45) is 5.10 Å².